The topological polar surface area (TPSA) is 26.3 Å². The van der Waals surface area contributed by atoms with Crippen molar-refractivity contribution in [1.82, 2.24) is 0 Å². The van der Waals surface area contributed by atoms with Gasteiger partial charge in [0.05, 0.1) is 13.0 Å². The minimum atomic E-state index is -0.173. The van der Waals surface area contributed by atoms with Crippen LogP contribution in [0.25, 0.3) is 0 Å². The minimum Gasteiger partial charge on any atom is -0.466 e. The van der Waals surface area contributed by atoms with Crippen molar-refractivity contribution in [2.75, 3.05) is 6.61 Å². The number of ether oxygens (including phenoxy) is 1. The molecule has 0 radical (unpaired) electrons. The Labute approximate surface area is 113 Å². The van der Waals surface area contributed by atoms with Gasteiger partial charge < -0.3 is 4.74 Å². The molecule has 1 aromatic carbocycles. The average Bonchev–Trinajstić information content (AvgIpc) is 2.22. The molecular formula is C12H14Br2O2. The number of carbonyl (C=O) groups is 1. The van der Waals surface area contributed by atoms with E-state index in [4.69, 9.17) is 4.74 Å². The summed E-state index contributed by atoms with van der Waals surface area (Å²) >= 11 is 6.91. The number of halogens is 2. The summed E-state index contributed by atoms with van der Waals surface area (Å²) in [7, 11) is 0. The molecule has 0 N–H and O–H groups in total. The van der Waals surface area contributed by atoms with Crippen molar-refractivity contribution in [2.45, 2.75) is 25.6 Å². The SMILES string of the molecule is CCOC(=O)Cc1cc(CBr)c(Br)cc1C. The van der Waals surface area contributed by atoms with Crippen LogP contribution in [0.15, 0.2) is 16.6 Å². The third-order valence-corrected chi connectivity index (χ3v) is 3.63. The van der Waals surface area contributed by atoms with Crippen LogP contribution < -0.4 is 0 Å². The molecule has 0 amide bonds. The number of aryl methyl sites for hydroxylation is 1. The monoisotopic (exact) mass is 348 g/mol. The van der Waals surface area contributed by atoms with E-state index in [0.29, 0.717) is 13.0 Å². The van der Waals surface area contributed by atoms with Gasteiger partial charge in [0.15, 0.2) is 0 Å². The number of hydrogen-bond donors (Lipinski definition) is 0. The lowest BCUT2D eigenvalue weighted by atomic mass is 10.0. The molecule has 0 heterocycles. The molecule has 0 fully saturated rings. The van der Waals surface area contributed by atoms with Gasteiger partial charge in [0.25, 0.3) is 0 Å². The maximum Gasteiger partial charge on any atom is 0.310 e. The van der Waals surface area contributed by atoms with Crippen LogP contribution in [0.5, 0.6) is 0 Å². The summed E-state index contributed by atoms with van der Waals surface area (Å²) in [5, 5.41) is 0.768. The third-order valence-electron chi connectivity index (χ3n) is 2.29. The number of rotatable bonds is 4. The van der Waals surface area contributed by atoms with Gasteiger partial charge >= 0.3 is 5.97 Å². The molecular weight excluding hydrogens is 336 g/mol. The number of hydrogen-bond acceptors (Lipinski definition) is 2. The summed E-state index contributed by atoms with van der Waals surface area (Å²) in [6, 6.07) is 4.07. The van der Waals surface area contributed by atoms with Crippen LogP contribution in [0.1, 0.15) is 23.6 Å². The fourth-order valence-corrected chi connectivity index (χ4v) is 2.87. The normalized spacial score (nSPS) is 10.2. The van der Waals surface area contributed by atoms with Gasteiger partial charge in [0.2, 0.25) is 0 Å². The smallest absolute Gasteiger partial charge is 0.310 e. The predicted octanol–water partition coefficient (Wildman–Crippen LogP) is 3.76. The quantitative estimate of drug-likeness (QED) is 0.611. The highest BCUT2D eigenvalue weighted by molar-refractivity contribution is 9.10. The van der Waals surface area contributed by atoms with Gasteiger partial charge in [-0.05, 0) is 36.6 Å². The zero-order valence-corrected chi connectivity index (χ0v) is 12.5. The molecule has 0 aromatic heterocycles. The van der Waals surface area contributed by atoms with Crippen LogP contribution in [0, 0.1) is 6.92 Å². The molecule has 0 unspecified atom stereocenters. The average molecular weight is 350 g/mol. The van der Waals surface area contributed by atoms with E-state index < -0.39 is 0 Å². The van der Waals surface area contributed by atoms with Gasteiger partial charge in [-0.3, -0.25) is 4.79 Å². The first-order valence-electron chi connectivity index (χ1n) is 5.08. The van der Waals surface area contributed by atoms with Crippen LogP contribution in [0.2, 0.25) is 0 Å². The first-order chi connectivity index (χ1) is 7.58. The maximum absolute atomic E-state index is 11.4. The lowest BCUT2D eigenvalue weighted by molar-refractivity contribution is -0.142. The largest absolute Gasteiger partial charge is 0.466 e. The fourth-order valence-electron chi connectivity index (χ4n) is 1.43. The summed E-state index contributed by atoms with van der Waals surface area (Å²) < 4.78 is 6.01. The highest BCUT2D eigenvalue weighted by Crippen LogP contribution is 2.24. The van der Waals surface area contributed by atoms with E-state index in [1.807, 2.05) is 26.0 Å². The zero-order chi connectivity index (χ0) is 12.1. The van der Waals surface area contributed by atoms with E-state index in [0.717, 1.165) is 26.5 Å². The number of esters is 1. The van der Waals surface area contributed by atoms with Crippen molar-refractivity contribution in [3.8, 4) is 0 Å². The van der Waals surface area contributed by atoms with Crippen LogP contribution in [0.4, 0.5) is 0 Å². The second kappa shape index (κ2) is 6.40. The predicted molar refractivity (Wildman–Crippen MR) is 71.8 cm³/mol. The molecule has 0 saturated heterocycles. The summed E-state index contributed by atoms with van der Waals surface area (Å²) in [4.78, 5) is 11.4. The Morgan fingerprint density at radius 1 is 1.38 bits per heavy atom. The molecule has 0 spiro atoms. The first-order valence-corrected chi connectivity index (χ1v) is 6.99. The zero-order valence-electron chi connectivity index (χ0n) is 9.35. The van der Waals surface area contributed by atoms with Crippen molar-refractivity contribution < 1.29 is 9.53 Å². The number of carbonyl (C=O) groups excluding carboxylic acids is 1. The van der Waals surface area contributed by atoms with Crippen LogP contribution in [-0.2, 0) is 21.3 Å². The van der Waals surface area contributed by atoms with Crippen molar-refractivity contribution in [1.29, 1.82) is 0 Å². The summed E-state index contributed by atoms with van der Waals surface area (Å²) in [6.07, 6.45) is 0.340. The summed E-state index contributed by atoms with van der Waals surface area (Å²) in [5.41, 5.74) is 3.27. The Bertz CT molecular complexity index is 389. The Morgan fingerprint density at radius 2 is 2.06 bits per heavy atom. The molecule has 0 atom stereocenters. The maximum atomic E-state index is 11.4. The Balaban J connectivity index is 2.91. The van der Waals surface area contributed by atoms with Gasteiger partial charge in [0.1, 0.15) is 0 Å². The number of benzene rings is 1. The van der Waals surface area contributed by atoms with E-state index in [9.17, 15) is 4.79 Å². The molecule has 2 nitrogen and oxygen atoms in total. The molecule has 0 aliphatic carbocycles. The lowest BCUT2D eigenvalue weighted by Crippen LogP contribution is -2.09. The minimum absolute atomic E-state index is 0.173. The molecule has 0 aliphatic rings. The van der Waals surface area contributed by atoms with Crippen LogP contribution in [0.3, 0.4) is 0 Å². The molecule has 0 bridgehead atoms. The van der Waals surface area contributed by atoms with Gasteiger partial charge in [-0.1, -0.05) is 37.9 Å². The molecule has 0 aliphatic heterocycles. The van der Waals surface area contributed by atoms with Gasteiger partial charge in [-0.25, -0.2) is 0 Å². The van der Waals surface area contributed by atoms with E-state index in [2.05, 4.69) is 31.9 Å². The third kappa shape index (κ3) is 3.59. The number of alkyl halides is 1. The Kier molecular flexibility index (Phi) is 5.49. The fraction of sp³-hybridized carbons (Fsp3) is 0.417. The van der Waals surface area contributed by atoms with Crippen LogP contribution >= 0.6 is 31.9 Å². The van der Waals surface area contributed by atoms with Crippen molar-refractivity contribution >= 4 is 37.8 Å². The van der Waals surface area contributed by atoms with Crippen molar-refractivity contribution in [2.24, 2.45) is 0 Å². The molecule has 0 saturated carbocycles. The van der Waals surface area contributed by atoms with E-state index in [1.165, 1.54) is 0 Å². The first kappa shape index (κ1) is 13.7. The van der Waals surface area contributed by atoms with Crippen molar-refractivity contribution in [3.63, 3.8) is 0 Å². The Morgan fingerprint density at radius 3 is 2.62 bits per heavy atom. The molecule has 1 rings (SSSR count). The second-order valence-electron chi connectivity index (χ2n) is 3.49. The summed E-state index contributed by atoms with van der Waals surface area (Å²) in [5.74, 6) is -0.173. The molecule has 4 heteroatoms. The van der Waals surface area contributed by atoms with E-state index in [1.54, 1.807) is 0 Å². The van der Waals surface area contributed by atoms with Gasteiger partial charge in [-0.2, -0.15) is 0 Å². The standard InChI is InChI=1S/C12H14Br2O2/c1-3-16-12(15)6-9-5-10(7-13)11(14)4-8(9)2/h4-5H,3,6-7H2,1-2H3. The lowest BCUT2D eigenvalue weighted by Gasteiger charge is -2.09. The molecule has 88 valence electrons. The highest BCUT2D eigenvalue weighted by atomic mass is 79.9. The molecule has 16 heavy (non-hydrogen) atoms. The van der Waals surface area contributed by atoms with Gasteiger partial charge in [-0.15, -0.1) is 0 Å². The molecule has 1 aromatic rings. The Hall–Kier alpha value is -0.350. The van der Waals surface area contributed by atoms with E-state index in [-0.39, 0.29) is 5.97 Å². The van der Waals surface area contributed by atoms with Crippen LogP contribution in [-0.4, -0.2) is 12.6 Å². The van der Waals surface area contributed by atoms with E-state index >= 15 is 0 Å². The highest BCUT2D eigenvalue weighted by Gasteiger charge is 2.09. The van der Waals surface area contributed by atoms with Gasteiger partial charge in [0, 0.05) is 9.80 Å². The summed E-state index contributed by atoms with van der Waals surface area (Å²) in [6.45, 7) is 4.24. The van der Waals surface area contributed by atoms with Crippen molar-refractivity contribution in [3.05, 3.63) is 33.3 Å². The second-order valence-corrected chi connectivity index (χ2v) is 4.90.